The van der Waals surface area contributed by atoms with Crippen LogP contribution in [-0.2, 0) is 10.7 Å². The van der Waals surface area contributed by atoms with Gasteiger partial charge in [0.05, 0.1) is 0 Å². The quantitative estimate of drug-likeness (QED) is 0.602. The van der Waals surface area contributed by atoms with E-state index in [2.05, 4.69) is 0 Å². The molecule has 3 aliphatic rings. The van der Waals surface area contributed by atoms with Gasteiger partial charge in [-0.05, 0) is 12.1 Å². The molecule has 1 atom stereocenters. The van der Waals surface area contributed by atoms with Gasteiger partial charge in [-0.25, -0.2) is 0 Å². The minimum absolute atomic E-state index is 0.0219. The lowest BCUT2D eigenvalue weighted by atomic mass is 10.1. The Morgan fingerprint density at radius 3 is 3.00 bits per heavy atom. The average molecular weight is 182 g/mol. The Hall–Kier alpha value is -1.46. The molecule has 1 aromatic carbocycles. The van der Waals surface area contributed by atoms with Crippen LogP contribution in [-0.4, -0.2) is 17.0 Å². The zero-order valence-electron chi connectivity index (χ0n) is 6.48. The second-order valence-corrected chi connectivity index (χ2v) is 2.88. The van der Waals surface area contributed by atoms with Crippen LogP contribution in [0.1, 0.15) is 5.56 Å². The van der Waals surface area contributed by atoms with Gasteiger partial charge in [0, 0.05) is 0 Å². The second-order valence-electron chi connectivity index (χ2n) is 2.88. The molecule has 0 saturated carbocycles. The van der Waals surface area contributed by atoms with E-state index in [9.17, 15) is 10.2 Å². The lowest BCUT2D eigenvalue weighted by molar-refractivity contribution is -0.363. The second kappa shape index (κ2) is 1.89. The van der Waals surface area contributed by atoms with E-state index in [0.717, 1.165) is 0 Å². The van der Waals surface area contributed by atoms with E-state index in [1.54, 1.807) is 0 Å². The Balaban J connectivity index is 2.28. The number of phenols is 1. The summed E-state index contributed by atoms with van der Waals surface area (Å²) in [5, 5.41) is 18.9. The highest BCUT2D eigenvalue weighted by molar-refractivity contribution is 5.60. The van der Waals surface area contributed by atoms with Crippen molar-refractivity contribution in [2.45, 2.75) is 5.97 Å². The monoisotopic (exact) mass is 182 g/mol. The fraction of sp³-hybridized carbons (Fsp3) is 0.250. The number of fused-ring (bicyclic) bond motifs is 2. The first-order valence-corrected chi connectivity index (χ1v) is 3.75. The number of benzene rings is 1. The number of aromatic hydroxyl groups is 1. The maximum Gasteiger partial charge on any atom is 0.360 e. The highest BCUT2D eigenvalue weighted by Crippen LogP contribution is 2.54. The van der Waals surface area contributed by atoms with Crippen molar-refractivity contribution in [3.05, 3.63) is 17.7 Å². The lowest BCUT2D eigenvalue weighted by Crippen LogP contribution is -2.42. The molecule has 0 fully saturated rings. The average Bonchev–Trinajstić information content (AvgIpc) is 2.29. The molecule has 0 aliphatic carbocycles. The van der Waals surface area contributed by atoms with Crippen molar-refractivity contribution in [3.8, 4) is 17.2 Å². The molecule has 2 N–H and O–H groups in total. The summed E-state index contributed by atoms with van der Waals surface area (Å²) in [7, 11) is 0. The number of hydrogen-bond donors (Lipinski definition) is 2. The maximum absolute atomic E-state index is 9.58. The van der Waals surface area contributed by atoms with Crippen molar-refractivity contribution in [3.63, 3.8) is 0 Å². The topological polar surface area (TPSA) is 68.2 Å². The van der Waals surface area contributed by atoms with Gasteiger partial charge in [-0.15, -0.1) is 0 Å². The number of phenolic OH excluding ortho intramolecular Hbond substituents is 1. The predicted molar refractivity (Wildman–Crippen MR) is 39.2 cm³/mol. The third-order valence-corrected chi connectivity index (χ3v) is 2.13. The Kier molecular flexibility index (Phi) is 1.02. The Bertz CT molecular complexity index is 388. The third-order valence-electron chi connectivity index (χ3n) is 2.13. The molecule has 4 rings (SSSR count). The third kappa shape index (κ3) is 0.683. The summed E-state index contributed by atoms with van der Waals surface area (Å²) in [4.78, 5) is 0. The summed E-state index contributed by atoms with van der Waals surface area (Å²) in [6.45, 7) is -0.148. The van der Waals surface area contributed by atoms with Crippen molar-refractivity contribution in [2.75, 3.05) is 6.79 Å². The van der Waals surface area contributed by atoms with Gasteiger partial charge in [-0.2, -0.15) is 0 Å². The molecule has 1 aromatic rings. The van der Waals surface area contributed by atoms with E-state index >= 15 is 0 Å². The Morgan fingerprint density at radius 1 is 1.31 bits per heavy atom. The molecule has 68 valence electrons. The molecular formula is C8H6O5. The van der Waals surface area contributed by atoms with E-state index in [0.29, 0.717) is 11.3 Å². The van der Waals surface area contributed by atoms with Crippen LogP contribution in [0.5, 0.6) is 17.2 Å². The van der Waals surface area contributed by atoms with E-state index in [1.807, 2.05) is 0 Å². The summed E-state index contributed by atoms with van der Waals surface area (Å²) < 4.78 is 14.8. The molecule has 0 spiro atoms. The first-order chi connectivity index (χ1) is 6.21. The zero-order valence-corrected chi connectivity index (χ0v) is 6.48. The molecule has 0 amide bonds. The summed E-state index contributed by atoms with van der Waals surface area (Å²) in [6.07, 6.45) is 0. The summed E-state index contributed by atoms with van der Waals surface area (Å²) >= 11 is 0. The molecule has 4 bridgehead atoms. The normalized spacial score (nSPS) is 28.1. The molecule has 3 aliphatic heterocycles. The molecule has 3 heterocycles. The van der Waals surface area contributed by atoms with Gasteiger partial charge in [-0.1, -0.05) is 0 Å². The van der Waals surface area contributed by atoms with Crippen LogP contribution in [0.2, 0.25) is 0 Å². The maximum atomic E-state index is 9.58. The first kappa shape index (κ1) is 6.99. The van der Waals surface area contributed by atoms with Gasteiger partial charge in [-0.3, -0.25) is 4.74 Å². The number of hydrogen-bond acceptors (Lipinski definition) is 5. The van der Waals surface area contributed by atoms with Crippen molar-refractivity contribution >= 4 is 0 Å². The number of aliphatic hydroxyl groups is 1. The Labute approximate surface area is 73.1 Å². The van der Waals surface area contributed by atoms with Gasteiger partial charge in [0.2, 0.25) is 5.75 Å². The van der Waals surface area contributed by atoms with Crippen molar-refractivity contribution in [2.24, 2.45) is 0 Å². The predicted octanol–water partition coefficient (Wildman–Crippen LogP) is 0.254. The smallest absolute Gasteiger partial charge is 0.360 e. The van der Waals surface area contributed by atoms with Crippen LogP contribution in [0.15, 0.2) is 12.1 Å². The van der Waals surface area contributed by atoms with E-state index in [-0.39, 0.29) is 18.3 Å². The summed E-state index contributed by atoms with van der Waals surface area (Å²) in [5.41, 5.74) is 0.484. The number of ether oxygens (including phenoxy) is 3. The first-order valence-electron chi connectivity index (χ1n) is 3.75. The van der Waals surface area contributed by atoms with Crippen LogP contribution in [0.3, 0.4) is 0 Å². The van der Waals surface area contributed by atoms with Crippen molar-refractivity contribution in [1.82, 2.24) is 0 Å². The van der Waals surface area contributed by atoms with Crippen LogP contribution >= 0.6 is 0 Å². The fourth-order valence-corrected chi connectivity index (χ4v) is 1.46. The number of rotatable bonds is 0. The standard InChI is InChI=1S/C8H6O5/c9-5-2-1-4-6-7(5)11-3-12-8(4,10)13-6/h1-2,9-10H,3H2. The largest absolute Gasteiger partial charge is 0.504 e. The molecule has 1 unspecified atom stereocenters. The molecule has 0 aromatic heterocycles. The molecule has 0 radical (unpaired) electrons. The molecule has 0 saturated heterocycles. The van der Waals surface area contributed by atoms with Crippen molar-refractivity contribution in [1.29, 1.82) is 0 Å². The fourth-order valence-electron chi connectivity index (χ4n) is 1.46. The molecule has 13 heavy (non-hydrogen) atoms. The van der Waals surface area contributed by atoms with Crippen molar-refractivity contribution < 1.29 is 24.4 Å². The van der Waals surface area contributed by atoms with E-state index in [4.69, 9.17) is 14.2 Å². The van der Waals surface area contributed by atoms with Crippen LogP contribution in [0.4, 0.5) is 0 Å². The van der Waals surface area contributed by atoms with Crippen LogP contribution < -0.4 is 9.47 Å². The van der Waals surface area contributed by atoms with Gasteiger partial charge < -0.3 is 19.7 Å². The summed E-state index contributed by atoms with van der Waals surface area (Å²) in [5.74, 6) is -1.14. The van der Waals surface area contributed by atoms with E-state index in [1.165, 1.54) is 12.1 Å². The van der Waals surface area contributed by atoms with Gasteiger partial charge >= 0.3 is 5.97 Å². The molecule has 5 nitrogen and oxygen atoms in total. The van der Waals surface area contributed by atoms with Crippen LogP contribution in [0.25, 0.3) is 0 Å². The SMILES string of the molecule is Oc1ccc2c3c1OCOC2(O)O3. The van der Waals surface area contributed by atoms with Gasteiger partial charge in [0.15, 0.2) is 18.3 Å². The minimum Gasteiger partial charge on any atom is -0.504 e. The summed E-state index contributed by atoms with van der Waals surface area (Å²) in [6, 6.07) is 2.96. The molecular weight excluding hydrogens is 176 g/mol. The minimum atomic E-state index is -1.69. The Morgan fingerprint density at radius 2 is 2.15 bits per heavy atom. The lowest BCUT2D eigenvalue weighted by Gasteiger charge is -2.35. The molecule has 5 heteroatoms. The highest BCUT2D eigenvalue weighted by atomic mass is 16.9. The van der Waals surface area contributed by atoms with Crippen LogP contribution in [0, 0.1) is 0 Å². The van der Waals surface area contributed by atoms with Gasteiger partial charge in [0.25, 0.3) is 0 Å². The zero-order chi connectivity index (χ0) is 9.05. The highest BCUT2D eigenvalue weighted by Gasteiger charge is 2.50. The van der Waals surface area contributed by atoms with E-state index < -0.39 is 5.97 Å². The van der Waals surface area contributed by atoms with Gasteiger partial charge in [0.1, 0.15) is 5.56 Å².